The summed E-state index contributed by atoms with van der Waals surface area (Å²) in [6.45, 7) is 4.22. The van der Waals surface area contributed by atoms with Crippen LogP contribution in [-0.4, -0.2) is 34.4 Å². The predicted molar refractivity (Wildman–Crippen MR) is 69.3 cm³/mol. The molecule has 2 rings (SSSR count). The Morgan fingerprint density at radius 2 is 1.83 bits per heavy atom. The quantitative estimate of drug-likeness (QED) is 0.698. The highest BCUT2D eigenvalue weighted by Crippen LogP contribution is 2.49. The molecule has 0 aromatic heterocycles. The van der Waals surface area contributed by atoms with Crippen molar-refractivity contribution in [2.24, 2.45) is 17.8 Å². The number of carboxylic acid groups (broad SMARTS) is 1. The molecule has 4 heteroatoms. The monoisotopic (exact) mass is 255 g/mol. The Morgan fingerprint density at radius 1 is 1.28 bits per heavy atom. The third kappa shape index (κ3) is 2.41. The molecule has 4 nitrogen and oxygen atoms in total. The van der Waals surface area contributed by atoms with E-state index in [-0.39, 0.29) is 5.92 Å². The van der Waals surface area contributed by atoms with Crippen LogP contribution in [0.4, 0.5) is 0 Å². The number of hydrogen-bond acceptors (Lipinski definition) is 3. The Bertz CT molecular complexity index is 300. The van der Waals surface area contributed by atoms with Crippen LogP contribution in [0.2, 0.25) is 0 Å². The van der Waals surface area contributed by atoms with E-state index in [1.165, 1.54) is 6.42 Å². The molecule has 2 saturated carbocycles. The zero-order valence-corrected chi connectivity index (χ0v) is 11.4. The molecule has 0 aliphatic heterocycles. The van der Waals surface area contributed by atoms with Crippen molar-refractivity contribution in [2.75, 3.05) is 6.54 Å². The molecule has 2 aliphatic carbocycles. The molecular weight excluding hydrogens is 230 g/mol. The van der Waals surface area contributed by atoms with Crippen molar-refractivity contribution < 1.29 is 15.0 Å². The topological polar surface area (TPSA) is 69.6 Å². The molecule has 0 amide bonds. The molecule has 18 heavy (non-hydrogen) atoms. The summed E-state index contributed by atoms with van der Waals surface area (Å²) in [4.78, 5) is 11.2. The lowest BCUT2D eigenvalue weighted by Crippen LogP contribution is -2.54. The second-order valence-electron chi connectivity index (χ2n) is 6.33. The van der Waals surface area contributed by atoms with Crippen molar-refractivity contribution in [1.82, 2.24) is 5.32 Å². The minimum absolute atomic E-state index is 0.0346. The van der Waals surface area contributed by atoms with Gasteiger partial charge in [0.05, 0.1) is 5.60 Å². The van der Waals surface area contributed by atoms with E-state index in [0.29, 0.717) is 18.4 Å². The maximum absolute atomic E-state index is 11.2. The molecule has 104 valence electrons. The average Bonchev–Trinajstić information content (AvgIpc) is 2.50. The number of aliphatic carboxylic acids is 1. The van der Waals surface area contributed by atoms with Crippen LogP contribution in [0.25, 0.3) is 0 Å². The molecule has 0 aromatic rings. The normalized spacial score (nSPS) is 36.9. The largest absolute Gasteiger partial charge is 0.480 e. The fraction of sp³-hybridized carbons (Fsp3) is 0.929. The lowest BCUT2D eigenvalue weighted by Gasteiger charge is -2.40. The molecule has 2 aliphatic rings. The van der Waals surface area contributed by atoms with Crippen molar-refractivity contribution in [3.63, 3.8) is 0 Å². The van der Waals surface area contributed by atoms with Gasteiger partial charge in [-0.05, 0) is 43.4 Å². The van der Waals surface area contributed by atoms with Crippen molar-refractivity contribution in [2.45, 2.75) is 57.6 Å². The SMILES string of the molecule is CC(C)[C@H](NC[C@@]1(O)C2CCC[C@@H]1CC2)C(=O)O. The summed E-state index contributed by atoms with van der Waals surface area (Å²) in [7, 11) is 0. The van der Waals surface area contributed by atoms with Gasteiger partial charge in [0, 0.05) is 6.54 Å². The zero-order chi connectivity index (χ0) is 13.3. The van der Waals surface area contributed by atoms with Crippen LogP contribution in [0.15, 0.2) is 0 Å². The van der Waals surface area contributed by atoms with E-state index in [4.69, 9.17) is 5.11 Å². The van der Waals surface area contributed by atoms with Gasteiger partial charge in [0.25, 0.3) is 0 Å². The van der Waals surface area contributed by atoms with E-state index < -0.39 is 17.6 Å². The van der Waals surface area contributed by atoms with Crippen LogP contribution in [0.3, 0.4) is 0 Å². The highest BCUT2D eigenvalue weighted by Gasteiger charge is 2.50. The van der Waals surface area contributed by atoms with Gasteiger partial charge in [-0.3, -0.25) is 4.79 Å². The van der Waals surface area contributed by atoms with Gasteiger partial charge < -0.3 is 15.5 Å². The van der Waals surface area contributed by atoms with E-state index in [2.05, 4.69) is 5.32 Å². The minimum Gasteiger partial charge on any atom is -0.480 e. The van der Waals surface area contributed by atoms with Crippen molar-refractivity contribution >= 4 is 5.97 Å². The number of carbonyl (C=O) groups is 1. The molecule has 2 fully saturated rings. The third-order valence-electron chi connectivity index (χ3n) is 4.92. The van der Waals surface area contributed by atoms with Gasteiger partial charge in [-0.15, -0.1) is 0 Å². The highest BCUT2D eigenvalue weighted by molar-refractivity contribution is 5.73. The summed E-state index contributed by atoms with van der Waals surface area (Å²) >= 11 is 0. The van der Waals surface area contributed by atoms with Crippen LogP contribution < -0.4 is 5.32 Å². The highest BCUT2D eigenvalue weighted by atomic mass is 16.4. The molecule has 4 atom stereocenters. The van der Waals surface area contributed by atoms with Gasteiger partial charge in [0.2, 0.25) is 0 Å². The summed E-state index contributed by atoms with van der Waals surface area (Å²) < 4.78 is 0. The van der Waals surface area contributed by atoms with Gasteiger partial charge in [-0.25, -0.2) is 0 Å². The molecule has 3 N–H and O–H groups in total. The number of carboxylic acids is 1. The van der Waals surface area contributed by atoms with Crippen LogP contribution in [-0.2, 0) is 4.79 Å². The molecule has 0 radical (unpaired) electrons. The molecule has 2 bridgehead atoms. The van der Waals surface area contributed by atoms with Crippen molar-refractivity contribution in [3.05, 3.63) is 0 Å². The fourth-order valence-corrected chi connectivity index (χ4v) is 3.81. The van der Waals surface area contributed by atoms with Crippen molar-refractivity contribution in [3.8, 4) is 0 Å². The van der Waals surface area contributed by atoms with Crippen LogP contribution >= 0.6 is 0 Å². The maximum Gasteiger partial charge on any atom is 0.320 e. The van der Waals surface area contributed by atoms with Gasteiger partial charge in [0.15, 0.2) is 0 Å². The first-order valence-electron chi connectivity index (χ1n) is 7.13. The lowest BCUT2D eigenvalue weighted by atomic mass is 9.74. The Kier molecular flexibility index (Phi) is 3.97. The van der Waals surface area contributed by atoms with Gasteiger partial charge >= 0.3 is 5.97 Å². The number of nitrogens with one attached hydrogen (secondary N) is 1. The summed E-state index contributed by atoms with van der Waals surface area (Å²) in [5.74, 6) is -0.0557. The first kappa shape index (κ1) is 13.8. The number of hydrogen-bond donors (Lipinski definition) is 3. The summed E-state index contributed by atoms with van der Waals surface area (Å²) in [5.41, 5.74) is -0.666. The second-order valence-corrected chi connectivity index (χ2v) is 6.33. The summed E-state index contributed by atoms with van der Waals surface area (Å²) in [6.07, 6.45) is 5.59. The maximum atomic E-state index is 11.2. The van der Waals surface area contributed by atoms with Crippen LogP contribution in [0.1, 0.15) is 46.0 Å². The Morgan fingerprint density at radius 3 is 2.28 bits per heavy atom. The summed E-state index contributed by atoms with van der Waals surface area (Å²) in [6, 6.07) is -0.560. The molecule has 0 aromatic carbocycles. The van der Waals surface area contributed by atoms with E-state index in [1.807, 2.05) is 13.8 Å². The number of rotatable bonds is 5. The van der Waals surface area contributed by atoms with E-state index >= 15 is 0 Å². The number of fused-ring (bicyclic) bond motifs is 2. The summed E-state index contributed by atoms with van der Waals surface area (Å²) in [5, 5.41) is 23.1. The Balaban J connectivity index is 1.98. The Labute approximate surface area is 109 Å². The fourth-order valence-electron chi connectivity index (χ4n) is 3.81. The van der Waals surface area contributed by atoms with Gasteiger partial charge in [-0.1, -0.05) is 20.3 Å². The molecular formula is C14H25NO3. The minimum atomic E-state index is -0.822. The second kappa shape index (κ2) is 5.17. The first-order chi connectivity index (χ1) is 8.45. The van der Waals surface area contributed by atoms with E-state index in [0.717, 1.165) is 25.7 Å². The zero-order valence-electron chi connectivity index (χ0n) is 11.4. The van der Waals surface area contributed by atoms with Crippen molar-refractivity contribution in [1.29, 1.82) is 0 Å². The smallest absolute Gasteiger partial charge is 0.320 e. The predicted octanol–water partition coefficient (Wildman–Crippen LogP) is 1.63. The van der Waals surface area contributed by atoms with Crippen LogP contribution in [0, 0.1) is 17.8 Å². The molecule has 0 saturated heterocycles. The van der Waals surface area contributed by atoms with E-state index in [9.17, 15) is 9.90 Å². The van der Waals surface area contributed by atoms with Gasteiger partial charge in [-0.2, -0.15) is 0 Å². The van der Waals surface area contributed by atoms with E-state index in [1.54, 1.807) is 0 Å². The number of aliphatic hydroxyl groups is 1. The first-order valence-corrected chi connectivity index (χ1v) is 7.13. The molecule has 0 heterocycles. The standard InChI is InChI=1S/C14H25NO3/c1-9(2)12(13(16)17)15-8-14(18)10-4-3-5-11(14)7-6-10/h9-12,15,18H,3-8H2,1-2H3,(H,16,17)/t10-,11?,12+,14+/m1/s1. The average molecular weight is 255 g/mol. The lowest BCUT2D eigenvalue weighted by molar-refractivity contribution is -0.141. The van der Waals surface area contributed by atoms with Gasteiger partial charge in [0.1, 0.15) is 6.04 Å². The van der Waals surface area contributed by atoms with Crippen LogP contribution in [0.5, 0.6) is 0 Å². The molecule has 1 unspecified atom stereocenters. The molecule has 0 spiro atoms. The third-order valence-corrected chi connectivity index (χ3v) is 4.92. The Hall–Kier alpha value is -0.610.